The van der Waals surface area contributed by atoms with Crippen molar-refractivity contribution in [2.24, 2.45) is 0 Å². The molecular formula is C13H14N2OS. The van der Waals surface area contributed by atoms with Gasteiger partial charge in [-0.1, -0.05) is 18.2 Å². The minimum Gasteiger partial charge on any atom is -0.399 e. The number of nitrogens with one attached hydrogen (secondary N) is 1. The number of carbonyl (C=O) groups is 1. The van der Waals surface area contributed by atoms with Gasteiger partial charge in [-0.3, -0.25) is 4.79 Å². The van der Waals surface area contributed by atoms with Gasteiger partial charge >= 0.3 is 0 Å². The Kier molecular flexibility index (Phi) is 3.77. The first-order valence-electron chi connectivity index (χ1n) is 5.37. The standard InChI is InChI=1S/C13H14N2OS/c14-11-5-3-10(4-6-11)8-13(16)15-9-12-2-1-7-17-12/h1-7H,8-9,14H2,(H,15,16). The molecule has 17 heavy (non-hydrogen) atoms. The summed E-state index contributed by atoms with van der Waals surface area (Å²) in [4.78, 5) is 12.8. The Labute approximate surface area is 104 Å². The Morgan fingerprint density at radius 1 is 1.24 bits per heavy atom. The van der Waals surface area contributed by atoms with Crippen LogP contribution in [-0.4, -0.2) is 5.91 Å². The number of hydrogen-bond acceptors (Lipinski definition) is 3. The smallest absolute Gasteiger partial charge is 0.224 e. The highest BCUT2D eigenvalue weighted by molar-refractivity contribution is 7.09. The van der Waals surface area contributed by atoms with Crippen molar-refractivity contribution in [3.05, 3.63) is 52.2 Å². The maximum absolute atomic E-state index is 11.7. The van der Waals surface area contributed by atoms with Gasteiger partial charge in [0.2, 0.25) is 5.91 Å². The van der Waals surface area contributed by atoms with Gasteiger partial charge in [-0.25, -0.2) is 0 Å². The van der Waals surface area contributed by atoms with Crippen LogP contribution in [0.25, 0.3) is 0 Å². The van der Waals surface area contributed by atoms with Crippen LogP contribution in [0.2, 0.25) is 0 Å². The summed E-state index contributed by atoms with van der Waals surface area (Å²) in [5, 5.41) is 4.89. The molecule has 0 saturated carbocycles. The Bertz CT molecular complexity index is 477. The molecule has 1 aromatic carbocycles. The van der Waals surface area contributed by atoms with E-state index in [0.29, 0.717) is 18.7 Å². The number of rotatable bonds is 4. The Hall–Kier alpha value is -1.81. The van der Waals surface area contributed by atoms with Crippen LogP contribution in [0.4, 0.5) is 5.69 Å². The number of amides is 1. The minimum atomic E-state index is 0.0307. The molecule has 0 atom stereocenters. The second-order valence-corrected chi connectivity index (χ2v) is 4.81. The highest BCUT2D eigenvalue weighted by atomic mass is 32.1. The monoisotopic (exact) mass is 246 g/mol. The molecule has 0 fully saturated rings. The van der Waals surface area contributed by atoms with Crippen molar-refractivity contribution in [2.45, 2.75) is 13.0 Å². The molecule has 0 spiro atoms. The van der Waals surface area contributed by atoms with Gasteiger partial charge < -0.3 is 11.1 Å². The quantitative estimate of drug-likeness (QED) is 0.812. The van der Waals surface area contributed by atoms with Gasteiger partial charge in [0, 0.05) is 10.6 Å². The van der Waals surface area contributed by atoms with Crippen LogP contribution in [0, 0.1) is 0 Å². The van der Waals surface area contributed by atoms with Crippen LogP contribution >= 0.6 is 11.3 Å². The summed E-state index contributed by atoms with van der Waals surface area (Å²) in [6, 6.07) is 11.4. The van der Waals surface area contributed by atoms with E-state index in [2.05, 4.69) is 5.32 Å². The zero-order valence-corrected chi connectivity index (χ0v) is 10.2. The van der Waals surface area contributed by atoms with Crippen LogP contribution in [0.1, 0.15) is 10.4 Å². The second kappa shape index (κ2) is 5.50. The van der Waals surface area contributed by atoms with E-state index < -0.39 is 0 Å². The third-order valence-corrected chi connectivity index (χ3v) is 3.26. The molecule has 0 aliphatic carbocycles. The summed E-state index contributed by atoms with van der Waals surface area (Å²) in [5.41, 5.74) is 7.27. The summed E-state index contributed by atoms with van der Waals surface area (Å²) in [5.74, 6) is 0.0307. The zero-order chi connectivity index (χ0) is 12.1. The number of nitrogens with two attached hydrogens (primary N) is 1. The predicted molar refractivity (Wildman–Crippen MR) is 70.7 cm³/mol. The largest absolute Gasteiger partial charge is 0.399 e. The molecule has 0 radical (unpaired) electrons. The lowest BCUT2D eigenvalue weighted by Crippen LogP contribution is -2.24. The van der Waals surface area contributed by atoms with Gasteiger partial charge in [0.25, 0.3) is 0 Å². The van der Waals surface area contributed by atoms with E-state index in [1.807, 2.05) is 41.8 Å². The van der Waals surface area contributed by atoms with Crippen molar-refractivity contribution in [3.8, 4) is 0 Å². The molecule has 3 nitrogen and oxygen atoms in total. The fraction of sp³-hybridized carbons (Fsp3) is 0.154. The van der Waals surface area contributed by atoms with E-state index in [-0.39, 0.29) is 5.91 Å². The molecule has 0 aliphatic heterocycles. The first-order valence-corrected chi connectivity index (χ1v) is 6.25. The highest BCUT2D eigenvalue weighted by Gasteiger charge is 2.03. The van der Waals surface area contributed by atoms with Gasteiger partial charge in [-0.15, -0.1) is 11.3 Å². The van der Waals surface area contributed by atoms with Crippen LogP contribution in [0.5, 0.6) is 0 Å². The van der Waals surface area contributed by atoms with Gasteiger partial charge in [0.1, 0.15) is 0 Å². The van der Waals surface area contributed by atoms with E-state index in [1.54, 1.807) is 11.3 Å². The Morgan fingerprint density at radius 3 is 2.65 bits per heavy atom. The molecule has 1 amide bonds. The summed E-state index contributed by atoms with van der Waals surface area (Å²) in [7, 11) is 0. The van der Waals surface area contributed by atoms with Gasteiger partial charge in [-0.05, 0) is 29.1 Å². The van der Waals surface area contributed by atoms with Gasteiger partial charge in [0.05, 0.1) is 13.0 Å². The third kappa shape index (κ3) is 3.60. The molecule has 0 aliphatic rings. The fourth-order valence-corrected chi connectivity index (χ4v) is 2.13. The lowest BCUT2D eigenvalue weighted by molar-refractivity contribution is -0.120. The molecule has 88 valence electrons. The molecule has 0 bridgehead atoms. The SMILES string of the molecule is Nc1ccc(CC(=O)NCc2cccs2)cc1. The molecule has 0 unspecified atom stereocenters. The molecule has 1 heterocycles. The number of benzene rings is 1. The van der Waals surface area contributed by atoms with Gasteiger partial charge in [0.15, 0.2) is 0 Å². The molecule has 1 aromatic heterocycles. The maximum Gasteiger partial charge on any atom is 0.224 e. The summed E-state index contributed by atoms with van der Waals surface area (Å²) in [6.45, 7) is 0.603. The van der Waals surface area contributed by atoms with Crippen molar-refractivity contribution in [1.29, 1.82) is 0 Å². The molecule has 2 aromatic rings. The molecule has 2 rings (SSSR count). The second-order valence-electron chi connectivity index (χ2n) is 3.77. The first kappa shape index (κ1) is 11.7. The van der Waals surface area contributed by atoms with Crippen molar-refractivity contribution in [3.63, 3.8) is 0 Å². The van der Waals surface area contributed by atoms with E-state index in [4.69, 9.17) is 5.73 Å². The maximum atomic E-state index is 11.7. The fourth-order valence-electron chi connectivity index (χ4n) is 1.48. The first-order chi connectivity index (χ1) is 8.24. The van der Waals surface area contributed by atoms with Crippen LogP contribution < -0.4 is 11.1 Å². The lowest BCUT2D eigenvalue weighted by Gasteiger charge is -2.04. The van der Waals surface area contributed by atoms with E-state index >= 15 is 0 Å². The molecular weight excluding hydrogens is 232 g/mol. The molecule has 4 heteroatoms. The van der Waals surface area contributed by atoms with Crippen LogP contribution in [0.3, 0.4) is 0 Å². The van der Waals surface area contributed by atoms with Gasteiger partial charge in [-0.2, -0.15) is 0 Å². The van der Waals surface area contributed by atoms with Crippen LogP contribution in [0.15, 0.2) is 41.8 Å². The normalized spacial score (nSPS) is 10.1. The van der Waals surface area contributed by atoms with Crippen molar-refractivity contribution in [1.82, 2.24) is 5.32 Å². The summed E-state index contributed by atoms with van der Waals surface area (Å²) >= 11 is 1.64. The van der Waals surface area contributed by atoms with Crippen molar-refractivity contribution in [2.75, 3.05) is 5.73 Å². The van der Waals surface area contributed by atoms with Crippen molar-refractivity contribution >= 4 is 22.9 Å². The highest BCUT2D eigenvalue weighted by Crippen LogP contribution is 2.08. The van der Waals surface area contributed by atoms with Crippen LogP contribution in [-0.2, 0) is 17.8 Å². The van der Waals surface area contributed by atoms with E-state index in [9.17, 15) is 4.79 Å². The van der Waals surface area contributed by atoms with E-state index in [1.165, 1.54) is 0 Å². The summed E-state index contributed by atoms with van der Waals surface area (Å²) < 4.78 is 0. The minimum absolute atomic E-state index is 0.0307. The zero-order valence-electron chi connectivity index (χ0n) is 9.35. The number of anilines is 1. The number of nitrogen functional groups attached to an aromatic ring is 1. The average Bonchev–Trinajstić information content (AvgIpc) is 2.83. The number of hydrogen-bond donors (Lipinski definition) is 2. The van der Waals surface area contributed by atoms with Crippen molar-refractivity contribution < 1.29 is 4.79 Å². The number of thiophene rings is 1. The Morgan fingerprint density at radius 2 is 2.00 bits per heavy atom. The average molecular weight is 246 g/mol. The Balaban J connectivity index is 1.83. The predicted octanol–water partition coefficient (Wildman–Crippen LogP) is 2.19. The molecule has 3 N–H and O–H groups in total. The number of carbonyl (C=O) groups excluding carboxylic acids is 1. The molecule has 0 saturated heterocycles. The topological polar surface area (TPSA) is 55.1 Å². The van der Waals surface area contributed by atoms with E-state index in [0.717, 1.165) is 10.4 Å². The summed E-state index contributed by atoms with van der Waals surface area (Å²) in [6.07, 6.45) is 0.394. The lowest BCUT2D eigenvalue weighted by atomic mass is 10.1. The third-order valence-electron chi connectivity index (χ3n) is 2.38.